The number of amides is 1. The number of hydrogen-bond donors (Lipinski definition) is 1. The highest BCUT2D eigenvalue weighted by atomic mass is 16.6. The van der Waals surface area contributed by atoms with Crippen LogP contribution in [-0.4, -0.2) is 30.8 Å². The molecule has 0 aliphatic rings. The highest BCUT2D eigenvalue weighted by molar-refractivity contribution is 5.81. The summed E-state index contributed by atoms with van der Waals surface area (Å²) >= 11 is 0. The van der Waals surface area contributed by atoms with Gasteiger partial charge in [-0.25, -0.2) is 9.59 Å². The first-order valence-corrected chi connectivity index (χ1v) is 5.53. The molecule has 0 aromatic carbocycles. The van der Waals surface area contributed by atoms with E-state index in [1.165, 1.54) is 0 Å². The van der Waals surface area contributed by atoms with E-state index in [1.807, 2.05) is 27.7 Å². The van der Waals surface area contributed by atoms with Crippen LogP contribution in [0.25, 0.3) is 0 Å². The molecule has 5 nitrogen and oxygen atoms in total. The normalized spacial score (nSPS) is 10.9. The Labute approximate surface area is 102 Å². The Balaban J connectivity index is 3.81. The standard InChI is InChI=1S/C12H21NO4/c1-6-10(14)16-7-8-17-11(15)13-12(4,5)9(2)3/h6,9H,1,7-8H2,2-5H3,(H,13,15). The Kier molecular flexibility index (Phi) is 6.31. The zero-order valence-electron chi connectivity index (χ0n) is 10.9. The number of carbonyl (C=O) groups excluding carboxylic acids is 2. The number of rotatable bonds is 6. The van der Waals surface area contributed by atoms with Crippen LogP contribution in [-0.2, 0) is 14.3 Å². The molecule has 0 aromatic rings. The molecule has 1 N–H and O–H groups in total. The van der Waals surface area contributed by atoms with Gasteiger partial charge in [0, 0.05) is 11.6 Å². The van der Waals surface area contributed by atoms with Gasteiger partial charge in [0.25, 0.3) is 0 Å². The monoisotopic (exact) mass is 243 g/mol. The van der Waals surface area contributed by atoms with Crippen LogP contribution in [0.1, 0.15) is 27.7 Å². The summed E-state index contributed by atoms with van der Waals surface area (Å²) in [5.41, 5.74) is -0.338. The van der Waals surface area contributed by atoms with Crippen molar-refractivity contribution in [3.8, 4) is 0 Å². The average Bonchev–Trinajstić information content (AvgIpc) is 2.23. The van der Waals surface area contributed by atoms with E-state index in [9.17, 15) is 9.59 Å². The lowest BCUT2D eigenvalue weighted by molar-refractivity contribution is -0.138. The molecule has 0 radical (unpaired) electrons. The molecule has 0 unspecified atom stereocenters. The molecule has 17 heavy (non-hydrogen) atoms. The molecule has 0 fully saturated rings. The third-order valence-corrected chi connectivity index (χ3v) is 2.60. The second kappa shape index (κ2) is 6.93. The van der Waals surface area contributed by atoms with Crippen LogP contribution in [0.15, 0.2) is 12.7 Å². The molecular formula is C12H21NO4. The first kappa shape index (κ1) is 15.5. The van der Waals surface area contributed by atoms with Crippen molar-refractivity contribution < 1.29 is 19.1 Å². The average molecular weight is 243 g/mol. The zero-order valence-corrected chi connectivity index (χ0v) is 10.9. The van der Waals surface area contributed by atoms with Gasteiger partial charge < -0.3 is 14.8 Å². The van der Waals surface area contributed by atoms with Gasteiger partial charge in [-0.05, 0) is 19.8 Å². The van der Waals surface area contributed by atoms with Gasteiger partial charge in [0.2, 0.25) is 0 Å². The van der Waals surface area contributed by atoms with Crippen molar-refractivity contribution in [2.24, 2.45) is 5.92 Å². The van der Waals surface area contributed by atoms with Crippen molar-refractivity contribution in [2.75, 3.05) is 13.2 Å². The first-order valence-electron chi connectivity index (χ1n) is 5.53. The van der Waals surface area contributed by atoms with Crippen molar-refractivity contribution >= 4 is 12.1 Å². The summed E-state index contributed by atoms with van der Waals surface area (Å²) in [4.78, 5) is 22.1. The molecular weight excluding hydrogens is 222 g/mol. The van der Waals surface area contributed by atoms with E-state index < -0.39 is 12.1 Å². The summed E-state index contributed by atoms with van der Waals surface area (Å²) in [6.45, 7) is 11.1. The number of ether oxygens (including phenoxy) is 2. The van der Waals surface area contributed by atoms with E-state index in [2.05, 4.69) is 16.6 Å². The maximum absolute atomic E-state index is 11.4. The van der Waals surface area contributed by atoms with Crippen LogP contribution < -0.4 is 5.32 Å². The van der Waals surface area contributed by atoms with Crippen LogP contribution in [0, 0.1) is 5.92 Å². The van der Waals surface area contributed by atoms with Crippen molar-refractivity contribution in [3.63, 3.8) is 0 Å². The highest BCUT2D eigenvalue weighted by Crippen LogP contribution is 2.14. The van der Waals surface area contributed by atoms with Crippen LogP contribution in [0.4, 0.5) is 4.79 Å². The second-order valence-electron chi connectivity index (χ2n) is 4.51. The molecule has 0 aromatic heterocycles. The summed E-state index contributed by atoms with van der Waals surface area (Å²) in [5, 5.41) is 2.74. The molecule has 5 heteroatoms. The number of esters is 1. The quantitative estimate of drug-likeness (QED) is 0.439. The minimum absolute atomic E-state index is 0.0274. The lowest BCUT2D eigenvalue weighted by atomic mass is 9.91. The summed E-state index contributed by atoms with van der Waals surface area (Å²) in [7, 11) is 0. The minimum Gasteiger partial charge on any atom is -0.459 e. The lowest BCUT2D eigenvalue weighted by Crippen LogP contribution is -2.47. The van der Waals surface area contributed by atoms with E-state index in [0.29, 0.717) is 0 Å². The van der Waals surface area contributed by atoms with E-state index in [0.717, 1.165) is 6.08 Å². The molecule has 0 aliphatic carbocycles. The fourth-order valence-corrected chi connectivity index (χ4v) is 0.779. The predicted octanol–water partition coefficient (Wildman–Crippen LogP) is 1.88. The summed E-state index contributed by atoms with van der Waals surface area (Å²) in [5.74, 6) is -0.245. The number of carbonyl (C=O) groups is 2. The third kappa shape index (κ3) is 6.60. The van der Waals surface area contributed by atoms with E-state index in [1.54, 1.807) is 0 Å². The van der Waals surface area contributed by atoms with E-state index in [-0.39, 0.29) is 24.7 Å². The van der Waals surface area contributed by atoms with Gasteiger partial charge in [-0.2, -0.15) is 0 Å². The van der Waals surface area contributed by atoms with Gasteiger partial charge in [-0.15, -0.1) is 0 Å². The summed E-state index contributed by atoms with van der Waals surface area (Å²) in [6, 6.07) is 0. The maximum atomic E-state index is 11.4. The highest BCUT2D eigenvalue weighted by Gasteiger charge is 2.24. The molecule has 0 rings (SSSR count). The molecule has 98 valence electrons. The maximum Gasteiger partial charge on any atom is 0.407 e. The van der Waals surface area contributed by atoms with Crippen molar-refractivity contribution in [1.82, 2.24) is 5.32 Å². The largest absolute Gasteiger partial charge is 0.459 e. The fraction of sp³-hybridized carbons (Fsp3) is 0.667. The number of hydrogen-bond acceptors (Lipinski definition) is 4. The van der Waals surface area contributed by atoms with E-state index >= 15 is 0 Å². The van der Waals surface area contributed by atoms with Gasteiger partial charge in [0.05, 0.1) is 0 Å². The molecule has 0 atom stereocenters. The van der Waals surface area contributed by atoms with Gasteiger partial charge in [-0.3, -0.25) is 0 Å². The van der Waals surface area contributed by atoms with Crippen LogP contribution in [0.3, 0.4) is 0 Å². The number of nitrogens with one attached hydrogen (secondary N) is 1. The Morgan fingerprint density at radius 2 is 1.82 bits per heavy atom. The Morgan fingerprint density at radius 1 is 1.29 bits per heavy atom. The van der Waals surface area contributed by atoms with Crippen molar-refractivity contribution in [2.45, 2.75) is 33.2 Å². The predicted molar refractivity (Wildman–Crippen MR) is 64.6 cm³/mol. The van der Waals surface area contributed by atoms with Gasteiger partial charge in [0.1, 0.15) is 13.2 Å². The van der Waals surface area contributed by atoms with Crippen LogP contribution in [0.2, 0.25) is 0 Å². The lowest BCUT2D eigenvalue weighted by Gasteiger charge is -2.29. The van der Waals surface area contributed by atoms with E-state index in [4.69, 9.17) is 4.74 Å². The zero-order chi connectivity index (χ0) is 13.5. The Hall–Kier alpha value is -1.52. The third-order valence-electron chi connectivity index (χ3n) is 2.60. The first-order chi connectivity index (χ1) is 7.79. The molecule has 0 bridgehead atoms. The molecule has 0 saturated heterocycles. The van der Waals surface area contributed by atoms with Crippen molar-refractivity contribution in [3.05, 3.63) is 12.7 Å². The minimum atomic E-state index is -0.531. The Bertz CT molecular complexity index is 284. The molecule has 0 saturated carbocycles. The van der Waals surface area contributed by atoms with Gasteiger partial charge >= 0.3 is 12.1 Å². The Morgan fingerprint density at radius 3 is 2.29 bits per heavy atom. The topological polar surface area (TPSA) is 64.6 Å². The fourth-order valence-electron chi connectivity index (χ4n) is 0.779. The second-order valence-corrected chi connectivity index (χ2v) is 4.51. The molecule has 0 heterocycles. The molecule has 1 amide bonds. The summed E-state index contributed by atoms with van der Waals surface area (Å²) < 4.78 is 9.52. The van der Waals surface area contributed by atoms with Crippen LogP contribution in [0.5, 0.6) is 0 Å². The smallest absolute Gasteiger partial charge is 0.407 e. The van der Waals surface area contributed by atoms with Gasteiger partial charge in [-0.1, -0.05) is 20.4 Å². The molecule has 0 spiro atoms. The van der Waals surface area contributed by atoms with Crippen LogP contribution >= 0.6 is 0 Å². The van der Waals surface area contributed by atoms with Crippen molar-refractivity contribution in [1.29, 1.82) is 0 Å². The molecule has 0 aliphatic heterocycles. The number of alkyl carbamates (subject to hydrolysis) is 1. The van der Waals surface area contributed by atoms with Gasteiger partial charge in [0.15, 0.2) is 0 Å². The summed E-state index contributed by atoms with van der Waals surface area (Å²) in [6.07, 6.45) is 0.542. The SMILES string of the molecule is C=CC(=O)OCCOC(=O)NC(C)(C)C(C)C.